The van der Waals surface area contributed by atoms with Gasteiger partial charge in [0.1, 0.15) is 12.4 Å². The lowest BCUT2D eigenvalue weighted by Gasteiger charge is -2.15. The van der Waals surface area contributed by atoms with Crippen molar-refractivity contribution in [2.24, 2.45) is 5.73 Å². The van der Waals surface area contributed by atoms with Gasteiger partial charge in [-0.05, 0) is 30.2 Å². The van der Waals surface area contributed by atoms with Crippen LogP contribution < -0.4 is 10.5 Å². The lowest BCUT2D eigenvalue weighted by molar-refractivity contribution is 0.300. The Morgan fingerprint density at radius 1 is 1.17 bits per heavy atom. The molecule has 3 nitrogen and oxygen atoms in total. The van der Waals surface area contributed by atoms with Crippen molar-refractivity contribution in [1.82, 2.24) is 4.98 Å². The van der Waals surface area contributed by atoms with Gasteiger partial charge in [-0.1, -0.05) is 25.1 Å². The minimum absolute atomic E-state index is 0.0265. The zero-order valence-corrected chi connectivity index (χ0v) is 10.5. The summed E-state index contributed by atoms with van der Waals surface area (Å²) in [6, 6.07) is 11.9. The van der Waals surface area contributed by atoms with Crippen LogP contribution in [0, 0.1) is 0 Å². The maximum atomic E-state index is 6.07. The van der Waals surface area contributed by atoms with E-state index < -0.39 is 0 Å². The average Bonchev–Trinajstić information content (AvgIpc) is 2.45. The molecule has 0 aliphatic rings. The normalized spacial score (nSPS) is 12.1. The summed E-state index contributed by atoms with van der Waals surface area (Å²) < 4.78 is 5.84. The number of pyridine rings is 1. The predicted molar refractivity (Wildman–Crippen MR) is 72.2 cm³/mol. The first-order chi connectivity index (χ1) is 8.81. The molecular weight excluding hydrogens is 224 g/mol. The number of para-hydroxylation sites is 1. The Labute approximate surface area is 108 Å². The van der Waals surface area contributed by atoms with Gasteiger partial charge in [0.05, 0.1) is 0 Å². The molecule has 0 radical (unpaired) electrons. The highest BCUT2D eigenvalue weighted by Crippen LogP contribution is 2.25. The Hall–Kier alpha value is -1.87. The molecule has 0 bridgehead atoms. The summed E-state index contributed by atoms with van der Waals surface area (Å²) in [4.78, 5) is 3.98. The summed E-state index contributed by atoms with van der Waals surface area (Å²) >= 11 is 0. The van der Waals surface area contributed by atoms with Crippen LogP contribution in [0.5, 0.6) is 5.75 Å². The second kappa shape index (κ2) is 6.17. The highest BCUT2D eigenvalue weighted by atomic mass is 16.5. The molecule has 0 amide bonds. The smallest absolute Gasteiger partial charge is 0.124 e. The fourth-order valence-electron chi connectivity index (χ4n) is 1.78. The quantitative estimate of drug-likeness (QED) is 0.876. The summed E-state index contributed by atoms with van der Waals surface area (Å²) in [5.41, 5.74) is 8.24. The van der Waals surface area contributed by atoms with Crippen LogP contribution in [0.25, 0.3) is 0 Å². The van der Waals surface area contributed by atoms with E-state index >= 15 is 0 Å². The molecule has 1 heterocycles. The number of ether oxygens (including phenoxy) is 1. The number of hydrogen-bond donors (Lipinski definition) is 1. The minimum Gasteiger partial charge on any atom is -0.489 e. The Balaban J connectivity index is 2.10. The third-order valence-electron chi connectivity index (χ3n) is 2.90. The van der Waals surface area contributed by atoms with E-state index in [1.807, 2.05) is 36.4 Å². The van der Waals surface area contributed by atoms with E-state index in [1.54, 1.807) is 12.4 Å². The van der Waals surface area contributed by atoms with Crippen molar-refractivity contribution in [2.75, 3.05) is 0 Å². The van der Waals surface area contributed by atoms with Gasteiger partial charge in [0.25, 0.3) is 0 Å². The lowest BCUT2D eigenvalue weighted by Crippen LogP contribution is -2.10. The zero-order valence-electron chi connectivity index (χ0n) is 10.5. The Morgan fingerprint density at radius 2 is 1.89 bits per heavy atom. The van der Waals surface area contributed by atoms with Crippen LogP contribution in [-0.4, -0.2) is 4.98 Å². The SMILES string of the molecule is CC[C@@H](N)c1ccccc1OCc1ccncc1. The molecule has 1 atom stereocenters. The lowest BCUT2D eigenvalue weighted by atomic mass is 10.0. The van der Waals surface area contributed by atoms with Crippen molar-refractivity contribution in [1.29, 1.82) is 0 Å². The van der Waals surface area contributed by atoms with Gasteiger partial charge in [-0.15, -0.1) is 0 Å². The minimum atomic E-state index is 0.0265. The molecule has 0 saturated heterocycles. The molecule has 2 N–H and O–H groups in total. The molecule has 2 rings (SSSR count). The predicted octanol–water partition coefficient (Wildman–Crippen LogP) is 3.07. The van der Waals surface area contributed by atoms with E-state index in [-0.39, 0.29) is 6.04 Å². The van der Waals surface area contributed by atoms with Crippen LogP contribution in [-0.2, 0) is 6.61 Å². The Kier molecular flexibility index (Phi) is 4.31. The molecule has 1 aromatic carbocycles. The second-order valence-corrected chi connectivity index (χ2v) is 4.20. The molecule has 3 heteroatoms. The van der Waals surface area contributed by atoms with Crippen LogP contribution in [0.2, 0.25) is 0 Å². The van der Waals surface area contributed by atoms with Crippen molar-refractivity contribution in [2.45, 2.75) is 26.0 Å². The summed E-state index contributed by atoms with van der Waals surface area (Å²) in [5, 5.41) is 0. The number of hydrogen-bond acceptors (Lipinski definition) is 3. The molecule has 0 spiro atoms. The summed E-state index contributed by atoms with van der Waals surface area (Å²) in [7, 11) is 0. The number of rotatable bonds is 5. The topological polar surface area (TPSA) is 48.1 Å². The van der Waals surface area contributed by atoms with E-state index in [0.29, 0.717) is 6.61 Å². The van der Waals surface area contributed by atoms with Gasteiger partial charge in [-0.2, -0.15) is 0 Å². The van der Waals surface area contributed by atoms with Crippen molar-refractivity contribution >= 4 is 0 Å². The van der Waals surface area contributed by atoms with E-state index in [4.69, 9.17) is 10.5 Å². The van der Waals surface area contributed by atoms with Gasteiger partial charge in [0.2, 0.25) is 0 Å². The summed E-state index contributed by atoms with van der Waals surface area (Å²) in [6.45, 7) is 2.61. The highest BCUT2D eigenvalue weighted by molar-refractivity contribution is 5.35. The maximum Gasteiger partial charge on any atom is 0.124 e. The highest BCUT2D eigenvalue weighted by Gasteiger charge is 2.09. The first kappa shape index (κ1) is 12.6. The second-order valence-electron chi connectivity index (χ2n) is 4.20. The van der Waals surface area contributed by atoms with Crippen LogP contribution in [0.15, 0.2) is 48.8 Å². The molecule has 0 aliphatic heterocycles. The molecule has 0 saturated carbocycles. The van der Waals surface area contributed by atoms with E-state index in [1.165, 1.54) is 0 Å². The van der Waals surface area contributed by atoms with Crippen LogP contribution in [0.3, 0.4) is 0 Å². The molecule has 18 heavy (non-hydrogen) atoms. The van der Waals surface area contributed by atoms with Gasteiger partial charge < -0.3 is 10.5 Å². The van der Waals surface area contributed by atoms with Crippen LogP contribution in [0.4, 0.5) is 0 Å². The van der Waals surface area contributed by atoms with Gasteiger partial charge >= 0.3 is 0 Å². The molecule has 0 fully saturated rings. The zero-order chi connectivity index (χ0) is 12.8. The summed E-state index contributed by atoms with van der Waals surface area (Å²) in [6.07, 6.45) is 4.43. The first-order valence-corrected chi connectivity index (χ1v) is 6.17. The fraction of sp³-hybridized carbons (Fsp3) is 0.267. The van der Waals surface area contributed by atoms with Crippen molar-refractivity contribution in [3.05, 3.63) is 59.9 Å². The number of benzene rings is 1. The third kappa shape index (κ3) is 3.08. The maximum absolute atomic E-state index is 6.07. The fourth-order valence-corrected chi connectivity index (χ4v) is 1.78. The summed E-state index contributed by atoms with van der Waals surface area (Å²) in [5.74, 6) is 0.865. The molecular formula is C15H18N2O. The van der Waals surface area contributed by atoms with Crippen LogP contribution >= 0.6 is 0 Å². The monoisotopic (exact) mass is 242 g/mol. The Bertz CT molecular complexity index is 485. The number of aromatic nitrogens is 1. The largest absolute Gasteiger partial charge is 0.489 e. The molecule has 94 valence electrons. The first-order valence-electron chi connectivity index (χ1n) is 6.17. The standard InChI is InChI=1S/C15H18N2O/c1-2-14(16)13-5-3-4-6-15(13)18-11-12-7-9-17-10-8-12/h3-10,14H,2,11,16H2,1H3/t14-/m1/s1. The number of nitrogens with zero attached hydrogens (tertiary/aromatic N) is 1. The molecule has 0 unspecified atom stereocenters. The van der Waals surface area contributed by atoms with Gasteiger partial charge in [0.15, 0.2) is 0 Å². The molecule has 0 aliphatic carbocycles. The Morgan fingerprint density at radius 3 is 2.61 bits per heavy atom. The van der Waals surface area contributed by atoms with Gasteiger partial charge in [-0.3, -0.25) is 4.98 Å². The van der Waals surface area contributed by atoms with Crippen molar-refractivity contribution < 1.29 is 4.74 Å². The van der Waals surface area contributed by atoms with Crippen LogP contribution in [0.1, 0.15) is 30.5 Å². The van der Waals surface area contributed by atoms with Gasteiger partial charge in [-0.25, -0.2) is 0 Å². The third-order valence-corrected chi connectivity index (χ3v) is 2.90. The molecule has 2 aromatic rings. The van der Waals surface area contributed by atoms with Crippen molar-refractivity contribution in [3.63, 3.8) is 0 Å². The van der Waals surface area contributed by atoms with Gasteiger partial charge in [0, 0.05) is 24.0 Å². The molecule has 1 aromatic heterocycles. The van der Waals surface area contributed by atoms with E-state index in [9.17, 15) is 0 Å². The van der Waals surface area contributed by atoms with E-state index in [0.717, 1.165) is 23.3 Å². The average molecular weight is 242 g/mol. The number of nitrogens with two attached hydrogens (primary N) is 1. The van der Waals surface area contributed by atoms with Crippen molar-refractivity contribution in [3.8, 4) is 5.75 Å². The van der Waals surface area contributed by atoms with E-state index in [2.05, 4.69) is 11.9 Å².